The third kappa shape index (κ3) is 3.06. The van der Waals surface area contributed by atoms with Crippen LogP contribution in [0, 0.1) is 0 Å². The van der Waals surface area contributed by atoms with Crippen molar-refractivity contribution in [1.29, 1.82) is 0 Å². The van der Waals surface area contributed by atoms with Crippen LogP contribution in [0.5, 0.6) is 0 Å². The molecule has 0 radical (unpaired) electrons. The number of nitrogens with one attached hydrogen (secondary N) is 1. The van der Waals surface area contributed by atoms with Gasteiger partial charge in [-0.3, -0.25) is 4.79 Å². The minimum absolute atomic E-state index is 0.0177. The summed E-state index contributed by atoms with van der Waals surface area (Å²) in [7, 11) is 2.47. The van der Waals surface area contributed by atoms with Crippen molar-refractivity contribution in [2.24, 2.45) is 0 Å². The van der Waals surface area contributed by atoms with Gasteiger partial charge in [-0.1, -0.05) is 24.3 Å². The van der Waals surface area contributed by atoms with Gasteiger partial charge in [-0.05, 0) is 36.4 Å². The Hall–Kier alpha value is -4.13. The fraction of sp³-hybridized carbons (Fsp3) is 0.0870. The maximum absolute atomic E-state index is 13.0. The summed E-state index contributed by atoms with van der Waals surface area (Å²) >= 11 is 0. The van der Waals surface area contributed by atoms with Gasteiger partial charge in [-0.2, -0.15) is 0 Å². The van der Waals surface area contributed by atoms with E-state index in [0.29, 0.717) is 27.5 Å². The van der Waals surface area contributed by atoms with Crippen molar-refractivity contribution < 1.29 is 19.1 Å². The van der Waals surface area contributed by atoms with Crippen molar-refractivity contribution in [1.82, 2.24) is 4.98 Å². The van der Waals surface area contributed by atoms with E-state index in [-0.39, 0.29) is 16.7 Å². The van der Waals surface area contributed by atoms with Crippen LogP contribution in [-0.2, 0) is 19.1 Å². The number of ether oxygens (including phenoxy) is 2. The number of allylic oxidation sites excluding steroid dienone is 2. The van der Waals surface area contributed by atoms with Crippen LogP contribution >= 0.6 is 0 Å². The lowest BCUT2D eigenvalue weighted by Crippen LogP contribution is -2.27. The first-order valence-electron chi connectivity index (χ1n) is 9.15. The van der Waals surface area contributed by atoms with Crippen LogP contribution in [0.4, 0.5) is 5.69 Å². The monoisotopic (exact) mass is 402 g/mol. The Bertz CT molecular complexity index is 1330. The van der Waals surface area contributed by atoms with Gasteiger partial charge in [0.15, 0.2) is 5.43 Å². The van der Waals surface area contributed by atoms with E-state index in [1.165, 1.54) is 25.2 Å². The number of rotatable bonds is 3. The lowest BCUT2D eigenvalue weighted by molar-refractivity contribution is -0.139. The second-order valence-corrected chi connectivity index (χ2v) is 6.52. The van der Waals surface area contributed by atoms with Crippen molar-refractivity contribution in [2.75, 3.05) is 19.1 Å². The highest BCUT2D eigenvalue weighted by Crippen LogP contribution is 2.31. The number of esters is 2. The van der Waals surface area contributed by atoms with E-state index in [2.05, 4.69) is 4.98 Å². The van der Waals surface area contributed by atoms with Crippen LogP contribution in [0.15, 0.2) is 83.0 Å². The van der Waals surface area contributed by atoms with Gasteiger partial charge in [0.05, 0.1) is 31.0 Å². The Kier molecular flexibility index (Phi) is 4.93. The molecule has 0 spiro atoms. The second-order valence-electron chi connectivity index (χ2n) is 6.52. The molecule has 30 heavy (non-hydrogen) atoms. The molecule has 7 nitrogen and oxygen atoms in total. The Morgan fingerprint density at radius 1 is 0.900 bits per heavy atom. The molecule has 1 aliphatic rings. The number of aromatic amines is 1. The van der Waals surface area contributed by atoms with E-state index in [1.807, 2.05) is 12.1 Å². The van der Waals surface area contributed by atoms with Crippen LogP contribution < -0.4 is 10.3 Å². The molecule has 2 heterocycles. The number of methoxy groups -OCH3 is 2. The molecule has 1 aliphatic heterocycles. The Morgan fingerprint density at radius 2 is 1.63 bits per heavy atom. The van der Waals surface area contributed by atoms with Crippen LogP contribution in [0.1, 0.15) is 0 Å². The van der Waals surface area contributed by atoms with Crippen LogP contribution in [0.3, 0.4) is 0 Å². The standard InChI is InChI=1S/C23H18N2O5/c1-29-22(27)16-9-5-6-13-25(20(16)23(28)30-2)18-12-7-10-15-19(18)24-17-11-4-3-8-14(17)21(15)26/h3-13H,1-2H3,(H,24,26). The normalized spacial score (nSPS) is 13.6. The van der Waals surface area contributed by atoms with E-state index >= 15 is 0 Å². The number of carbonyl (C=O) groups excluding carboxylic acids is 2. The van der Waals surface area contributed by atoms with E-state index < -0.39 is 11.9 Å². The zero-order valence-corrected chi connectivity index (χ0v) is 16.3. The molecule has 0 fully saturated rings. The van der Waals surface area contributed by atoms with Crippen molar-refractivity contribution in [2.45, 2.75) is 0 Å². The van der Waals surface area contributed by atoms with Crippen molar-refractivity contribution in [3.05, 3.63) is 88.4 Å². The smallest absolute Gasteiger partial charge is 0.355 e. The largest absolute Gasteiger partial charge is 0.465 e. The summed E-state index contributed by atoms with van der Waals surface area (Å²) in [5, 5.41) is 1.02. The lowest BCUT2D eigenvalue weighted by atomic mass is 10.1. The van der Waals surface area contributed by atoms with Gasteiger partial charge in [0.1, 0.15) is 5.70 Å². The first kappa shape index (κ1) is 19.2. The highest BCUT2D eigenvalue weighted by atomic mass is 16.5. The average molecular weight is 402 g/mol. The molecule has 0 amide bonds. The van der Waals surface area contributed by atoms with Crippen LogP contribution in [-0.4, -0.2) is 31.1 Å². The molecule has 1 aromatic heterocycles. The maximum atomic E-state index is 13.0. The number of H-pyrrole nitrogens is 1. The summed E-state index contributed by atoms with van der Waals surface area (Å²) in [6.45, 7) is 0. The summed E-state index contributed by atoms with van der Waals surface area (Å²) in [5.74, 6) is -1.40. The third-order valence-electron chi connectivity index (χ3n) is 4.87. The molecule has 150 valence electrons. The minimum atomic E-state index is -0.716. The SMILES string of the molecule is COC(=O)C1=C(C(=O)OC)N(c2cccc3c(=O)c4ccccc4[nH]c23)C=CC=C1. The number of nitrogens with zero attached hydrogens (tertiary/aromatic N) is 1. The zero-order valence-electron chi connectivity index (χ0n) is 16.3. The van der Waals surface area contributed by atoms with Gasteiger partial charge < -0.3 is 19.4 Å². The summed E-state index contributed by atoms with van der Waals surface area (Å²) in [4.78, 5) is 42.9. The summed E-state index contributed by atoms with van der Waals surface area (Å²) < 4.78 is 9.79. The first-order chi connectivity index (χ1) is 14.6. The highest BCUT2D eigenvalue weighted by Gasteiger charge is 2.28. The third-order valence-corrected chi connectivity index (χ3v) is 4.87. The Morgan fingerprint density at radius 3 is 2.40 bits per heavy atom. The van der Waals surface area contributed by atoms with E-state index in [9.17, 15) is 14.4 Å². The fourth-order valence-electron chi connectivity index (χ4n) is 3.48. The van der Waals surface area contributed by atoms with Crippen molar-refractivity contribution in [3.63, 3.8) is 0 Å². The topological polar surface area (TPSA) is 88.7 Å². The highest BCUT2D eigenvalue weighted by molar-refractivity contribution is 6.08. The number of hydrogen-bond donors (Lipinski definition) is 1. The van der Waals surface area contributed by atoms with Crippen molar-refractivity contribution in [3.8, 4) is 0 Å². The molecule has 4 rings (SSSR count). The molecule has 3 aromatic rings. The molecule has 0 aliphatic carbocycles. The van der Waals surface area contributed by atoms with Gasteiger partial charge in [0.25, 0.3) is 0 Å². The Labute approximate surface area is 171 Å². The molecular weight excluding hydrogens is 384 g/mol. The lowest BCUT2D eigenvalue weighted by Gasteiger charge is -2.24. The fourth-order valence-corrected chi connectivity index (χ4v) is 3.48. The van der Waals surface area contributed by atoms with Gasteiger partial charge in [-0.15, -0.1) is 0 Å². The van der Waals surface area contributed by atoms with Gasteiger partial charge in [-0.25, -0.2) is 9.59 Å². The number of pyridine rings is 1. The molecule has 0 atom stereocenters. The number of anilines is 1. The quantitative estimate of drug-likeness (QED) is 0.535. The zero-order chi connectivity index (χ0) is 21.3. The van der Waals surface area contributed by atoms with E-state index in [0.717, 1.165) is 0 Å². The summed E-state index contributed by atoms with van der Waals surface area (Å²) in [6, 6.07) is 12.4. The van der Waals surface area contributed by atoms with Crippen LogP contribution in [0.25, 0.3) is 21.8 Å². The number of fused-ring (bicyclic) bond motifs is 2. The average Bonchev–Trinajstić information content (AvgIpc) is 3.01. The van der Waals surface area contributed by atoms with Gasteiger partial charge in [0, 0.05) is 22.5 Å². The van der Waals surface area contributed by atoms with E-state index in [4.69, 9.17) is 9.47 Å². The molecule has 7 heteroatoms. The number of aromatic nitrogens is 1. The first-order valence-corrected chi connectivity index (χ1v) is 9.15. The predicted octanol–water partition coefficient (Wildman–Crippen LogP) is 3.17. The molecule has 1 N–H and O–H groups in total. The number of para-hydroxylation sites is 2. The molecule has 0 unspecified atom stereocenters. The number of benzene rings is 2. The molecule has 2 aromatic carbocycles. The predicted molar refractivity (Wildman–Crippen MR) is 114 cm³/mol. The molecule has 0 saturated heterocycles. The van der Waals surface area contributed by atoms with Crippen LogP contribution in [0.2, 0.25) is 0 Å². The number of carbonyl (C=O) groups is 2. The van der Waals surface area contributed by atoms with E-state index in [1.54, 1.807) is 48.7 Å². The molecule has 0 saturated carbocycles. The Balaban J connectivity index is 2.06. The second kappa shape index (κ2) is 7.71. The molecule has 0 bridgehead atoms. The maximum Gasteiger partial charge on any atom is 0.355 e. The summed E-state index contributed by atoms with van der Waals surface area (Å²) in [5.41, 5.74) is 1.59. The minimum Gasteiger partial charge on any atom is -0.465 e. The van der Waals surface area contributed by atoms with Gasteiger partial charge in [0.2, 0.25) is 0 Å². The van der Waals surface area contributed by atoms with Gasteiger partial charge >= 0.3 is 11.9 Å². The van der Waals surface area contributed by atoms with Crippen molar-refractivity contribution >= 4 is 39.4 Å². The summed E-state index contributed by atoms with van der Waals surface area (Å²) in [6.07, 6.45) is 6.41. The number of hydrogen-bond acceptors (Lipinski definition) is 6. The molecular formula is C23H18N2O5.